The van der Waals surface area contributed by atoms with E-state index in [2.05, 4.69) is 6.92 Å². The molecule has 4 nitrogen and oxygen atoms in total. The highest BCUT2D eigenvalue weighted by atomic mass is 16.7. The fourth-order valence-corrected chi connectivity index (χ4v) is 2.64. The van der Waals surface area contributed by atoms with Gasteiger partial charge in [0.1, 0.15) is 0 Å². The van der Waals surface area contributed by atoms with Crippen LogP contribution in [0.15, 0.2) is 12.1 Å². The molecule has 0 amide bonds. The maximum atomic E-state index is 5.96. The Bertz CT molecular complexity index is 458. The third-order valence-corrected chi connectivity index (χ3v) is 3.66. The number of benzene rings is 1. The van der Waals surface area contributed by atoms with Crippen LogP contribution in [0, 0.1) is 0 Å². The van der Waals surface area contributed by atoms with Crippen LogP contribution in [-0.4, -0.2) is 26.4 Å². The number of fused-ring (bicyclic) bond motifs is 4. The summed E-state index contributed by atoms with van der Waals surface area (Å²) in [7, 11) is 1.68. The third kappa shape index (κ3) is 2.30. The Balaban J connectivity index is 1.93. The van der Waals surface area contributed by atoms with Gasteiger partial charge < -0.3 is 18.9 Å². The van der Waals surface area contributed by atoms with Crippen molar-refractivity contribution < 1.29 is 18.9 Å². The lowest BCUT2D eigenvalue weighted by Crippen LogP contribution is -2.20. The molecule has 2 aliphatic heterocycles. The summed E-state index contributed by atoms with van der Waals surface area (Å²) in [6.45, 7) is 3.54. The predicted molar refractivity (Wildman–Crippen MR) is 70.7 cm³/mol. The number of hydrogen-bond donors (Lipinski definition) is 0. The van der Waals surface area contributed by atoms with Crippen LogP contribution >= 0.6 is 0 Å². The first-order chi connectivity index (χ1) is 9.33. The summed E-state index contributed by atoms with van der Waals surface area (Å²) < 4.78 is 22.8. The van der Waals surface area contributed by atoms with Crippen molar-refractivity contribution in [1.82, 2.24) is 0 Å². The summed E-state index contributed by atoms with van der Waals surface area (Å²) in [5.74, 6) is 1.67. The molecule has 0 saturated carbocycles. The maximum Gasteiger partial charge on any atom is 0.184 e. The van der Waals surface area contributed by atoms with Gasteiger partial charge in [-0.05, 0) is 18.6 Å². The Morgan fingerprint density at radius 2 is 2.26 bits per heavy atom. The second kappa shape index (κ2) is 5.39. The van der Waals surface area contributed by atoms with E-state index in [1.165, 1.54) is 5.56 Å². The van der Waals surface area contributed by atoms with Crippen molar-refractivity contribution in [3.8, 4) is 11.5 Å². The molecule has 1 aromatic carbocycles. The zero-order valence-electron chi connectivity index (χ0n) is 11.5. The van der Waals surface area contributed by atoms with Gasteiger partial charge in [-0.25, -0.2) is 0 Å². The van der Waals surface area contributed by atoms with E-state index in [9.17, 15) is 0 Å². The van der Waals surface area contributed by atoms with Crippen LogP contribution in [0.2, 0.25) is 0 Å². The molecule has 0 unspecified atom stereocenters. The number of ether oxygens (including phenoxy) is 4. The van der Waals surface area contributed by atoms with Gasteiger partial charge in [0, 0.05) is 17.5 Å². The molecule has 2 heterocycles. The van der Waals surface area contributed by atoms with Gasteiger partial charge in [-0.15, -0.1) is 0 Å². The molecular weight excluding hydrogens is 244 g/mol. The maximum absolute atomic E-state index is 5.96. The quantitative estimate of drug-likeness (QED) is 0.766. The average Bonchev–Trinajstić information content (AvgIpc) is 2.82. The molecule has 1 saturated heterocycles. The fraction of sp³-hybridized carbons (Fsp3) is 0.600. The predicted octanol–water partition coefficient (Wildman–Crippen LogP) is 2.84. The molecule has 4 heteroatoms. The van der Waals surface area contributed by atoms with E-state index in [1.807, 2.05) is 12.1 Å². The lowest BCUT2D eigenvalue weighted by Gasteiger charge is -2.25. The van der Waals surface area contributed by atoms with Gasteiger partial charge in [-0.2, -0.15) is 0 Å². The molecule has 0 aliphatic carbocycles. The van der Waals surface area contributed by atoms with E-state index in [0.717, 1.165) is 42.9 Å². The highest BCUT2D eigenvalue weighted by Gasteiger charge is 2.37. The van der Waals surface area contributed by atoms with Gasteiger partial charge in [0.2, 0.25) is 0 Å². The first-order valence-electron chi connectivity index (χ1n) is 6.93. The van der Waals surface area contributed by atoms with Crippen LogP contribution in [-0.2, 0) is 15.9 Å². The molecule has 2 atom stereocenters. The summed E-state index contributed by atoms with van der Waals surface area (Å²) in [5, 5.41) is 0. The van der Waals surface area contributed by atoms with Gasteiger partial charge in [0.25, 0.3) is 0 Å². The molecule has 0 aromatic heterocycles. The van der Waals surface area contributed by atoms with Crippen molar-refractivity contribution in [3.63, 3.8) is 0 Å². The van der Waals surface area contributed by atoms with Crippen LogP contribution in [0.5, 0.6) is 11.5 Å². The summed E-state index contributed by atoms with van der Waals surface area (Å²) in [4.78, 5) is 0. The van der Waals surface area contributed by atoms with Crippen LogP contribution < -0.4 is 9.47 Å². The van der Waals surface area contributed by atoms with Gasteiger partial charge in [-0.3, -0.25) is 0 Å². The SMILES string of the molecule is CCCCOc1c(OC)ccc2c1C[C@H]1CO[C@@H]2O1. The van der Waals surface area contributed by atoms with Crippen molar-refractivity contribution in [2.75, 3.05) is 20.3 Å². The first kappa shape index (κ1) is 12.8. The molecule has 2 aliphatic rings. The molecule has 19 heavy (non-hydrogen) atoms. The van der Waals surface area contributed by atoms with E-state index >= 15 is 0 Å². The highest BCUT2D eigenvalue weighted by molar-refractivity contribution is 5.52. The van der Waals surface area contributed by atoms with Gasteiger partial charge in [0.15, 0.2) is 17.8 Å². The topological polar surface area (TPSA) is 36.9 Å². The molecule has 2 bridgehead atoms. The summed E-state index contributed by atoms with van der Waals surface area (Å²) in [6.07, 6.45) is 2.93. The minimum Gasteiger partial charge on any atom is -0.493 e. The first-order valence-corrected chi connectivity index (χ1v) is 6.93. The Labute approximate surface area is 113 Å². The number of unbranched alkanes of at least 4 members (excludes halogenated alkanes) is 1. The molecule has 0 N–H and O–H groups in total. The molecule has 1 fully saturated rings. The number of methoxy groups -OCH3 is 1. The summed E-state index contributed by atoms with van der Waals surface area (Å²) in [6, 6.07) is 3.96. The van der Waals surface area contributed by atoms with Gasteiger partial charge in [-0.1, -0.05) is 13.3 Å². The van der Waals surface area contributed by atoms with Crippen LogP contribution in [0.25, 0.3) is 0 Å². The van der Waals surface area contributed by atoms with E-state index in [-0.39, 0.29) is 12.4 Å². The number of rotatable bonds is 5. The minimum absolute atomic E-state index is 0.151. The van der Waals surface area contributed by atoms with Crippen molar-refractivity contribution in [1.29, 1.82) is 0 Å². The van der Waals surface area contributed by atoms with Crippen molar-refractivity contribution in [2.45, 2.75) is 38.6 Å². The molecule has 0 spiro atoms. The van der Waals surface area contributed by atoms with E-state index < -0.39 is 0 Å². The second-order valence-corrected chi connectivity index (χ2v) is 4.99. The zero-order chi connectivity index (χ0) is 13.2. The van der Waals surface area contributed by atoms with Crippen molar-refractivity contribution in [3.05, 3.63) is 23.3 Å². The smallest absolute Gasteiger partial charge is 0.184 e. The third-order valence-electron chi connectivity index (χ3n) is 3.66. The minimum atomic E-state index is -0.229. The Morgan fingerprint density at radius 3 is 3.05 bits per heavy atom. The zero-order valence-corrected chi connectivity index (χ0v) is 11.5. The summed E-state index contributed by atoms with van der Waals surface area (Å²) >= 11 is 0. The molecular formula is C15H20O4. The Morgan fingerprint density at radius 1 is 1.37 bits per heavy atom. The Kier molecular flexibility index (Phi) is 3.62. The van der Waals surface area contributed by atoms with Crippen LogP contribution in [0.4, 0.5) is 0 Å². The second-order valence-electron chi connectivity index (χ2n) is 4.99. The van der Waals surface area contributed by atoms with E-state index in [1.54, 1.807) is 7.11 Å². The largest absolute Gasteiger partial charge is 0.493 e. The van der Waals surface area contributed by atoms with Crippen molar-refractivity contribution >= 4 is 0 Å². The lowest BCUT2D eigenvalue weighted by molar-refractivity contribution is -0.0681. The molecule has 0 radical (unpaired) electrons. The summed E-state index contributed by atoms with van der Waals surface area (Å²) in [5.41, 5.74) is 2.27. The normalized spacial score (nSPS) is 24.1. The number of hydrogen-bond acceptors (Lipinski definition) is 4. The van der Waals surface area contributed by atoms with Crippen LogP contribution in [0.1, 0.15) is 37.2 Å². The standard InChI is InChI=1S/C15H20O4/c1-3-4-7-17-14-12-8-10-9-18-15(19-10)11(12)5-6-13(14)16-2/h5-6,10,15H,3-4,7-9H2,1-2H3/t10-,15+/m0/s1. The monoisotopic (exact) mass is 264 g/mol. The molecule has 104 valence electrons. The van der Waals surface area contributed by atoms with Gasteiger partial charge in [0.05, 0.1) is 26.4 Å². The molecule has 1 aromatic rings. The van der Waals surface area contributed by atoms with Gasteiger partial charge >= 0.3 is 0 Å². The lowest BCUT2D eigenvalue weighted by atomic mass is 9.98. The van der Waals surface area contributed by atoms with Crippen LogP contribution in [0.3, 0.4) is 0 Å². The Hall–Kier alpha value is -1.26. The van der Waals surface area contributed by atoms with Crippen molar-refractivity contribution in [2.24, 2.45) is 0 Å². The van der Waals surface area contributed by atoms with E-state index in [0.29, 0.717) is 6.61 Å². The van der Waals surface area contributed by atoms with E-state index in [4.69, 9.17) is 18.9 Å². The average molecular weight is 264 g/mol. The highest BCUT2D eigenvalue weighted by Crippen LogP contribution is 2.44. The molecule has 3 rings (SSSR count). The fourth-order valence-electron chi connectivity index (χ4n) is 2.64.